The van der Waals surface area contributed by atoms with E-state index in [-0.39, 0.29) is 6.03 Å². The van der Waals surface area contributed by atoms with Gasteiger partial charge >= 0.3 is 6.03 Å². The number of nitrogens with zero attached hydrogens (tertiary/aromatic N) is 2. The van der Waals surface area contributed by atoms with Crippen LogP contribution in [0.1, 0.15) is 51.4 Å². The molecule has 2 fully saturated rings. The number of rotatable bonds is 4. The number of nitrogens with one attached hydrogen (secondary N) is 1. The van der Waals surface area contributed by atoms with Crippen LogP contribution in [0.5, 0.6) is 0 Å². The Bertz CT molecular complexity index is 292. The maximum Gasteiger partial charge on any atom is 0.319 e. The molecule has 116 valence electrons. The standard InChI is InChI=1S/C16H31N3O/c1-18(2)16(20)19-12-9-15(10-13-19)17-11-8-14-6-4-3-5-7-14/h14-15,17H,3-13H2,1-2H3. The average Bonchev–Trinajstić information content (AvgIpc) is 2.48. The van der Waals surface area contributed by atoms with Gasteiger partial charge < -0.3 is 15.1 Å². The fourth-order valence-corrected chi connectivity index (χ4v) is 3.53. The second-order valence-corrected chi connectivity index (χ2v) is 6.69. The highest BCUT2D eigenvalue weighted by atomic mass is 16.2. The van der Waals surface area contributed by atoms with Crippen LogP contribution in [0.15, 0.2) is 0 Å². The molecule has 2 rings (SSSR count). The minimum absolute atomic E-state index is 0.158. The molecule has 0 aromatic heterocycles. The van der Waals surface area contributed by atoms with Gasteiger partial charge in [0.05, 0.1) is 0 Å². The number of hydrogen-bond donors (Lipinski definition) is 1. The van der Waals surface area contributed by atoms with Crippen molar-refractivity contribution in [2.75, 3.05) is 33.7 Å². The molecule has 1 saturated heterocycles. The molecule has 2 amide bonds. The van der Waals surface area contributed by atoms with Crippen LogP contribution in [0.25, 0.3) is 0 Å². The van der Waals surface area contributed by atoms with Gasteiger partial charge in [0, 0.05) is 33.2 Å². The van der Waals surface area contributed by atoms with E-state index in [0.717, 1.165) is 38.4 Å². The lowest BCUT2D eigenvalue weighted by Crippen LogP contribution is -2.48. The first-order chi connectivity index (χ1) is 9.66. The molecule has 20 heavy (non-hydrogen) atoms. The van der Waals surface area contributed by atoms with Crippen LogP contribution in [0, 0.1) is 5.92 Å². The molecule has 1 heterocycles. The Morgan fingerprint density at radius 2 is 1.75 bits per heavy atom. The Morgan fingerprint density at radius 3 is 2.35 bits per heavy atom. The zero-order valence-electron chi connectivity index (χ0n) is 13.2. The number of carbonyl (C=O) groups excluding carboxylic acids is 1. The first-order valence-electron chi connectivity index (χ1n) is 8.36. The summed E-state index contributed by atoms with van der Waals surface area (Å²) in [6.07, 6.45) is 10.8. The second-order valence-electron chi connectivity index (χ2n) is 6.69. The van der Waals surface area contributed by atoms with Crippen LogP contribution in [0.2, 0.25) is 0 Å². The van der Waals surface area contributed by atoms with Crippen LogP contribution in [0.4, 0.5) is 4.79 Å². The minimum atomic E-state index is 0.158. The summed E-state index contributed by atoms with van der Waals surface area (Å²) in [7, 11) is 3.66. The number of urea groups is 1. The topological polar surface area (TPSA) is 35.6 Å². The third-order valence-corrected chi connectivity index (χ3v) is 4.86. The largest absolute Gasteiger partial charge is 0.331 e. The Balaban J connectivity index is 1.58. The van der Waals surface area contributed by atoms with Crippen molar-refractivity contribution >= 4 is 6.03 Å². The Morgan fingerprint density at radius 1 is 1.10 bits per heavy atom. The van der Waals surface area contributed by atoms with Gasteiger partial charge in [0.1, 0.15) is 0 Å². The lowest BCUT2D eigenvalue weighted by Gasteiger charge is -2.34. The molecule has 4 nitrogen and oxygen atoms in total. The second kappa shape index (κ2) is 7.87. The van der Waals surface area contributed by atoms with E-state index < -0.39 is 0 Å². The van der Waals surface area contributed by atoms with Crippen molar-refractivity contribution in [3.63, 3.8) is 0 Å². The summed E-state index contributed by atoms with van der Waals surface area (Å²) >= 11 is 0. The lowest BCUT2D eigenvalue weighted by molar-refractivity contribution is 0.152. The molecule has 0 aromatic carbocycles. The van der Waals surface area contributed by atoms with Gasteiger partial charge in [-0.15, -0.1) is 0 Å². The van der Waals surface area contributed by atoms with Crippen LogP contribution >= 0.6 is 0 Å². The molecule has 0 spiro atoms. The molecule has 1 aliphatic heterocycles. The average molecular weight is 281 g/mol. The van der Waals surface area contributed by atoms with E-state index in [1.54, 1.807) is 4.90 Å². The molecular weight excluding hydrogens is 250 g/mol. The maximum absolute atomic E-state index is 11.9. The minimum Gasteiger partial charge on any atom is -0.331 e. The third-order valence-electron chi connectivity index (χ3n) is 4.86. The van der Waals surface area contributed by atoms with Crippen LogP contribution in [-0.2, 0) is 0 Å². The molecule has 0 unspecified atom stereocenters. The van der Waals surface area contributed by atoms with Crippen molar-refractivity contribution in [2.24, 2.45) is 5.92 Å². The van der Waals surface area contributed by atoms with Gasteiger partial charge in [-0.05, 0) is 31.7 Å². The van der Waals surface area contributed by atoms with Gasteiger partial charge in [-0.1, -0.05) is 32.1 Å². The number of hydrogen-bond acceptors (Lipinski definition) is 2. The predicted molar refractivity (Wildman–Crippen MR) is 82.9 cm³/mol. The SMILES string of the molecule is CN(C)C(=O)N1CCC(NCCC2CCCCC2)CC1. The molecule has 0 bridgehead atoms. The number of carbonyl (C=O) groups is 1. The number of likely N-dealkylation sites (tertiary alicyclic amines) is 1. The molecule has 1 aliphatic carbocycles. The van der Waals surface area contributed by atoms with E-state index in [4.69, 9.17) is 0 Å². The summed E-state index contributed by atoms with van der Waals surface area (Å²) in [5.74, 6) is 0.964. The molecule has 2 aliphatic rings. The van der Waals surface area contributed by atoms with Crippen molar-refractivity contribution < 1.29 is 4.79 Å². The zero-order valence-corrected chi connectivity index (χ0v) is 13.2. The molecule has 0 atom stereocenters. The first-order valence-corrected chi connectivity index (χ1v) is 8.36. The Kier molecular flexibility index (Phi) is 6.14. The van der Waals surface area contributed by atoms with Crippen LogP contribution in [0.3, 0.4) is 0 Å². The first kappa shape index (κ1) is 15.6. The Hall–Kier alpha value is -0.770. The van der Waals surface area contributed by atoms with Gasteiger partial charge in [0.25, 0.3) is 0 Å². The van der Waals surface area contributed by atoms with Crippen molar-refractivity contribution in [1.29, 1.82) is 0 Å². The molecule has 0 radical (unpaired) electrons. The van der Waals surface area contributed by atoms with E-state index in [0.29, 0.717) is 6.04 Å². The lowest BCUT2D eigenvalue weighted by atomic mass is 9.87. The highest BCUT2D eigenvalue weighted by Crippen LogP contribution is 2.25. The predicted octanol–water partition coefficient (Wildman–Crippen LogP) is 2.69. The fraction of sp³-hybridized carbons (Fsp3) is 0.938. The van der Waals surface area contributed by atoms with E-state index in [9.17, 15) is 4.79 Å². The quantitative estimate of drug-likeness (QED) is 0.860. The van der Waals surface area contributed by atoms with E-state index in [1.807, 2.05) is 19.0 Å². The smallest absolute Gasteiger partial charge is 0.319 e. The number of amides is 2. The van der Waals surface area contributed by atoms with Crippen molar-refractivity contribution in [3.8, 4) is 0 Å². The summed E-state index contributed by atoms with van der Waals surface area (Å²) in [5.41, 5.74) is 0. The fourth-order valence-electron chi connectivity index (χ4n) is 3.53. The normalized spacial score (nSPS) is 22.0. The van der Waals surface area contributed by atoms with Gasteiger partial charge in [0.15, 0.2) is 0 Å². The molecule has 0 aromatic rings. The summed E-state index contributed by atoms with van der Waals surface area (Å²) in [6, 6.07) is 0.774. The number of piperidine rings is 1. The summed E-state index contributed by atoms with van der Waals surface area (Å²) in [5, 5.41) is 3.71. The van der Waals surface area contributed by atoms with Gasteiger partial charge in [-0.25, -0.2) is 4.79 Å². The monoisotopic (exact) mass is 281 g/mol. The maximum atomic E-state index is 11.9. The van der Waals surface area contributed by atoms with Crippen molar-refractivity contribution in [3.05, 3.63) is 0 Å². The van der Waals surface area contributed by atoms with E-state index >= 15 is 0 Å². The molecule has 4 heteroatoms. The van der Waals surface area contributed by atoms with Crippen LogP contribution in [-0.4, -0.2) is 55.6 Å². The van der Waals surface area contributed by atoms with Crippen molar-refractivity contribution in [1.82, 2.24) is 15.1 Å². The highest BCUT2D eigenvalue weighted by Gasteiger charge is 2.23. The summed E-state index contributed by atoms with van der Waals surface area (Å²) in [4.78, 5) is 15.5. The zero-order chi connectivity index (χ0) is 14.4. The molecular formula is C16H31N3O. The van der Waals surface area contributed by atoms with Crippen molar-refractivity contribution in [2.45, 2.75) is 57.4 Å². The summed E-state index contributed by atoms with van der Waals surface area (Å²) < 4.78 is 0. The third kappa shape index (κ3) is 4.65. The van der Waals surface area contributed by atoms with Gasteiger partial charge in [-0.2, -0.15) is 0 Å². The Labute approximate surface area is 123 Å². The highest BCUT2D eigenvalue weighted by molar-refractivity contribution is 5.73. The van der Waals surface area contributed by atoms with Gasteiger partial charge in [0.2, 0.25) is 0 Å². The summed E-state index contributed by atoms with van der Waals surface area (Å²) in [6.45, 7) is 2.97. The van der Waals surface area contributed by atoms with E-state index in [2.05, 4.69) is 5.32 Å². The molecule has 1 saturated carbocycles. The van der Waals surface area contributed by atoms with Crippen LogP contribution < -0.4 is 5.32 Å². The van der Waals surface area contributed by atoms with E-state index in [1.165, 1.54) is 38.5 Å². The van der Waals surface area contributed by atoms with Gasteiger partial charge in [-0.3, -0.25) is 0 Å². The molecule has 1 N–H and O–H groups in total.